The molecule has 1 aliphatic heterocycles. The molecule has 2 aromatic heterocycles. The van der Waals surface area contributed by atoms with E-state index in [1.807, 2.05) is 41.1 Å². The van der Waals surface area contributed by atoms with Gasteiger partial charge in [-0.05, 0) is 72.6 Å². The molecule has 9 heteroatoms. The number of halogens is 2. The largest absolute Gasteiger partial charge is 0.369 e. The molecule has 7 rings (SSSR count). The van der Waals surface area contributed by atoms with E-state index in [1.54, 1.807) is 0 Å². The Balaban J connectivity index is 1.24. The Kier molecular flexibility index (Phi) is 6.79. The van der Waals surface area contributed by atoms with E-state index in [0.717, 1.165) is 65.4 Å². The highest BCUT2D eigenvalue weighted by Crippen LogP contribution is 2.32. The number of nitrogens with zero attached hydrogens (tertiary/aromatic N) is 5. The zero-order chi connectivity index (χ0) is 28.6. The van der Waals surface area contributed by atoms with Crippen molar-refractivity contribution < 1.29 is 8.78 Å². The van der Waals surface area contributed by atoms with Gasteiger partial charge in [-0.15, -0.1) is 0 Å². The van der Waals surface area contributed by atoms with Crippen molar-refractivity contribution in [1.82, 2.24) is 24.9 Å². The van der Waals surface area contributed by atoms with Gasteiger partial charge in [0.15, 0.2) is 11.6 Å². The summed E-state index contributed by atoms with van der Waals surface area (Å²) in [6, 6.07) is 26.4. The first kappa shape index (κ1) is 26.2. The lowest BCUT2D eigenvalue weighted by molar-refractivity contribution is 0.313. The molecule has 1 aliphatic rings. The standard InChI is InChI=1S/C33H31F2N7/c1-40-11-13-41(14-12-40)27-8-9-28-31(20-27)42(21-22-5-3-2-4-6-22)39-33(28)36-32-29-18-23(7-10-30(29)37-38-32)15-24-16-25(34)19-26(35)17-24/h2-10,16-20H,11-15,21H2,1H3,(H2,36,37,38,39). The first-order valence-corrected chi connectivity index (χ1v) is 14.2. The lowest BCUT2D eigenvalue weighted by atomic mass is 10.0. The van der Waals surface area contributed by atoms with Gasteiger partial charge in [-0.3, -0.25) is 9.78 Å². The van der Waals surface area contributed by atoms with Gasteiger partial charge in [0.2, 0.25) is 0 Å². The molecule has 1 fully saturated rings. The molecule has 0 spiro atoms. The van der Waals surface area contributed by atoms with Crippen LogP contribution < -0.4 is 10.2 Å². The average molecular weight is 564 g/mol. The van der Waals surface area contributed by atoms with Crippen LogP contribution in [0.3, 0.4) is 0 Å². The Bertz CT molecular complexity index is 1850. The van der Waals surface area contributed by atoms with E-state index in [1.165, 1.54) is 23.4 Å². The third-order valence-electron chi connectivity index (χ3n) is 7.97. The van der Waals surface area contributed by atoms with Crippen LogP contribution >= 0.6 is 0 Å². The maximum Gasteiger partial charge on any atom is 0.161 e. The minimum absolute atomic E-state index is 0.402. The molecule has 0 radical (unpaired) electrons. The van der Waals surface area contributed by atoms with Gasteiger partial charge in [0.1, 0.15) is 11.6 Å². The molecule has 212 valence electrons. The number of aromatic nitrogens is 4. The Morgan fingerprint density at radius 1 is 0.762 bits per heavy atom. The van der Waals surface area contributed by atoms with Crippen molar-refractivity contribution >= 4 is 39.1 Å². The molecule has 0 unspecified atom stereocenters. The Labute approximate surface area is 242 Å². The summed E-state index contributed by atoms with van der Waals surface area (Å²) in [7, 11) is 2.16. The molecule has 0 bridgehead atoms. The van der Waals surface area contributed by atoms with Gasteiger partial charge >= 0.3 is 0 Å². The van der Waals surface area contributed by atoms with Crippen LogP contribution in [0.25, 0.3) is 21.8 Å². The van der Waals surface area contributed by atoms with Gasteiger partial charge in [-0.2, -0.15) is 10.2 Å². The first-order chi connectivity index (χ1) is 20.5. The number of piperazine rings is 1. The summed E-state index contributed by atoms with van der Waals surface area (Å²) in [4.78, 5) is 4.78. The number of anilines is 3. The molecule has 6 aromatic rings. The molecule has 4 aromatic carbocycles. The number of aromatic amines is 1. The van der Waals surface area contributed by atoms with Crippen molar-refractivity contribution in [3.05, 3.63) is 113 Å². The average Bonchev–Trinajstić information content (AvgIpc) is 3.54. The number of hydrogen-bond acceptors (Lipinski definition) is 5. The Morgan fingerprint density at radius 3 is 2.33 bits per heavy atom. The molecule has 7 nitrogen and oxygen atoms in total. The van der Waals surface area contributed by atoms with E-state index >= 15 is 0 Å². The number of hydrogen-bond donors (Lipinski definition) is 2. The maximum absolute atomic E-state index is 13.8. The minimum Gasteiger partial charge on any atom is -0.369 e. The summed E-state index contributed by atoms with van der Waals surface area (Å²) in [5.41, 5.74) is 5.77. The molecule has 0 saturated carbocycles. The van der Waals surface area contributed by atoms with E-state index in [9.17, 15) is 8.78 Å². The van der Waals surface area contributed by atoms with Crippen molar-refractivity contribution in [2.24, 2.45) is 0 Å². The van der Waals surface area contributed by atoms with E-state index in [4.69, 9.17) is 5.10 Å². The number of H-pyrrole nitrogens is 1. The second-order valence-electron chi connectivity index (χ2n) is 11.0. The zero-order valence-corrected chi connectivity index (χ0v) is 23.3. The predicted molar refractivity (Wildman–Crippen MR) is 164 cm³/mol. The molecular formula is C33H31F2N7. The van der Waals surface area contributed by atoms with E-state index in [0.29, 0.717) is 24.3 Å². The molecule has 2 N–H and O–H groups in total. The topological polar surface area (TPSA) is 65.0 Å². The molecule has 3 heterocycles. The number of rotatable bonds is 7. The fourth-order valence-corrected chi connectivity index (χ4v) is 5.72. The minimum atomic E-state index is -0.578. The fraction of sp³-hybridized carbons (Fsp3) is 0.212. The number of likely N-dealkylation sites (N-methyl/N-ethyl adjacent to an activating group) is 1. The highest BCUT2D eigenvalue weighted by molar-refractivity contribution is 5.98. The molecule has 0 aliphatic carbocycles. The van der Waals surface area contributed by atoms with E-state index in [-0.39, 0.29) is 0 Å². The second-order valence-corrected chi connectivity index (χ2v) is 11.0. The van der Waals surface area contributed by atoms with Crippen LogP contribution in [0, 0.1) is 11.6 Å². The fourth-order valence-electron chi connectivity index (χ4n) is 5.72. The van der Waals surface area contributed by atoms with Crippen LogP contribution in [0.5, 0.6) is 0 Å². The summed E-state index contributed by atoms with van der Waals surface area (Å²) in [6.45, 7) is 4.70. The third-order valence-corrected chi connectivity index (χ3v) is 7.97. The quantitative estimate of drug-likeness (QED) is 0.238. The Hall–Kier alpha value is -4.76. The smallest absolute Gasteiger partial charge is 0.161 e. The Morgan fingerprint density at radius 2 is 1.55 bits per heavy atom. The third kappa shape index (κ3) is 5.31. The monoisotopic (exact) mass is 563 g/mol. The zero-order valence-electron chi connectivity index (χ0n) is 23.3. The predicted octanol–water partition coefficient (Wildman–Crippen LogP) is 6.33. The molecule has 1 saturated heterocycles. The number of nitrogens with one attached hydrogen (secondary N) is 2. The van der Waals surface area contributed by atoms with Crippen LogP contribution in [0.1, 0.15) is 16.7 Å². The number of benzene rings is 4. The summed E-state index contributed by atoms with van der Waals surface area (Å²) < 4.78 is 29.6. The molecule has 42 heavy (non-hydrogen) atoms. The summed E-state index contributed by atoms with van der Waals surface area (Å²) in [6.07, 6.45) is 0.402. The van der Waals surface area contributed by atoms with E-state index < -0.39 is 11.6 Å². The van der Waals surface area contributed by atoms with Crippen molar-refractivity contribution in [3.63, 3.8) is 0 Å². The molecule has 0 atom stereocenters. The lowest BCUT2D eigenvalue weighted by Crippen LogP contribution is -2.44. The van der Waals surface area contributed by atoms with Crippen molar-refractivity contribution in [2.45, 2.75) is 13.0 Å². The summed E-state index contributed by atoms with van der Waals surface area (Å²) >= 11 is 0. The van der Waals surface area contributed by atoms with Crippen LogP contribution in [-0.2, 0) is 13.0 Å². The summed E-state index contributed by atoms with van der Waals surface area (Å²) in [5, 5.41) is 18.0. The summed E-state index contributed by atoms with van der Waals surface area (Å²) in [5.74, 6) is 0.208. The highest BCUT2D eigenvalue weighted by Gasteiger charge is 2.19. The van der Waals surface area contributed by atoms with Gasteiger partial charge in [0.05, 0.1) is 17.6 Å². The van der Waals surface area contributed by atoms with Crippen LogP contribution in [-0.4, -0.2) is 58.1 Å². The highest BCUT2D eigenvalue weighted by atomic mass is 19.1. The normalized spacial score (nSPS) is 14.2. The van der Waals surface area contributed by atoms with Crippen molar-refractivity contribution in [2.75, 3.05) is 43.4 Å². The number of fused-ring (bicyclic) bond motifs is 2. The van der Waals surface area contributed by atoms with Gasteiger partial charge in [0.25, 0.3) is 0 Å². The van der Waals surface area contributed by atoms with Gasteiger partial charge in [-0.25, -0.2) is 8.78 Å². The SMILES string of the molecule is CN1CCN(c2ccc3c(Nc4n[nH]c5ccc(Cc6cc(F)cc(F)c6)cc45)nn(Cc4ccccc4)c3c2)CC1. The first-order valence-electron chi connectivity index (χ1n) is 14.2. The second kappa shape index (κ2) is 10.9. The lowest BCUT2D eigenvalue weighted by Gasteiger charge is -2.34. The van der Waals surface area contributed by atoms with Crippen LogP contribution in [0.4, 0.5) is 26.1 Å². The van der Waals surface area contributed by atoms with Crippen molar-refractivity contribution in [3.8, 4) is 0 Å². The van der Waals surface area contributed by atoms with Gasteiger partial charge < -0.3 is 15.1 Å². The van der Waals surface area contributed by atoms with Crippen LogP contribution in [0.2, 0.25) is 0 Å². The van der Waals surface area contributed by atoms with Gasteiger partial charge in [-0.1, -0.05) is 36.4 Å². The van der Waals surface area contributed by atoms with Gasteiger partial charge in [0, 0.05) is 48.7 Å². The van der Waals surface area contributed by atoms with E-state index in [2.05, 4.69) is 62.7 Å². The van der Waals surface area contributed by atoms with Crippen LogP contribution in [0.15, 0.2) is 84.9 Å². The van der Waals surface area contributed by atoms with Crippen molar-refractivity contribution in [1.29, 1.82) is 0 Å². The molecular weight excluding hydrogens is 532 g/mol. The molecule has 0 amide bonds. The maximum atomic E-state index is 13.8.